The molecule has 1 aromatic heterocycles. The number of aliphatic imine (C=N–C) groups is 1. The summed E-state index contributed by atoms with van der Waals surface area (Å²) in [6.45, 7) is 6.11. The fraction of sp³-hybridized carbons (Fsp3) is 0.524. The van der Waals surface area contributed by atoms with Crippen molar-refractivity contribution in [3.8, 4) is 11.3 Å². The van der Waals surface area contributed by atoms with Gasteiger partial charge in [-0.3, -0.25) is 9.89 Å². The molecular weight excluding hydrogens is 336 g/mol. The molecule has 1 aromatic carbocycles. The van der Waals surface area contributed by atoms with Gasteiger partial charge >= 0.3 is 0 Å². The van der Waals surface area contributed by atoms with E-state index in [1.807, 2.05) is 31.4 Å². The highest BCUT2D eigenvalue weighted by atomic mass is 15.2. The molecule has 0 spiro atoms. The third-order valence-electron chi connectivity index (χ3n) is 5.27. The Bertz CT molecular complexity index is 708. The van der Waals surface area contributed by atoms with Gasteiger partial charge in [0.15, 0.2) is 5.96 Å². The van der Waals surface area contributed by atoms with Gasteiger partial charge in [-0.25, -0.2) is 4.98 Å². The number of benzene rings is 1. The van der Waals surface area contributed by atoms with Gasteiger partial charge in [-0.2, -0.15) is 0 Å². The van der Waals surface area contributed by atoms with Crippen LogP contribution < -0.4 is 10.6 Å². The molecule has 6 heteroatoms. The highest BCUT2D eigenvalue weighted by molar-refractivity contribution is 5.79. The molecule has 0 aliphatic carbocycles. The van der Waals surface area contributed by atoms with Crippen molar-refractivity contribution in [3.05, 3.63) is 42.4 Å². The first-order valence-corrected chi connectivity index (χ1v) is 10.1. The molecule has 1 saturated heterocycles. The minimum Gasteiger partial charge on any atom is -0.355 e. The highest BCUT2D eigenvalue weighted by Gasteiger charge is 2.19. The molecule has 0 radical (unpaired) electrons. The molecule has 0 amide bonds. The van der Waals surface area contributed by atoms with Gasteiger partial charge in [-0.15, -0.1) is 0 Å². The molecule has 3 rings (SSSR count). The number of piperidine rings is 1. The Kier molecular flexibility index (Phi) is 7.27. The van der Waals surface area contributed by atoms with Crippen molar-refractivity contribution in [2.75, 3.05) is 26.7 Å². The predicted octanol–water partition coefficient (Wildman–Crippen LogP) is 3.01. The summed E-state index contributed by atoms with van der Waals surface area (Å²) in [5, 5.41) is 6.77. The molecule has 6 nitrogen and oxygen atoms in total. The average molecular weight is 369 g/mol. The van der Waals surface area contributed by atoms with Gasteiger partial charge in [-0.1, -0.05) is 43.7 Å². The van der Waals surface area contributed by atoms with E-state index in [-0.39, 0.29) is 0 Å². The van der Waals surface area contributed by atoms with Gasteiger partial charge < -0.3 is 15.6 Å². The van der Waals surface area contributed by atoms with Crippen molar-refractivity contribution in [2.45, 2.75) is 45.2 Å². The third kappa shape index (κ3) is 5.57. The van der Waals surface area contributed by atoms with Gasteiger partial charge in [0.2, 0.25) is 0 Å². The van der Waals surface area contributed by atoms with Crippen LogP contribution in [0, 0.1) is 0 Å². The molecule has 146 valence electrons. The summed E-state index contributed by atoms with van der Waals surface area (Å²) in [4.78, 5) is 14.8. The maximum absolute atomic E-state index is 4.46. The first kappa shape index (κ1) is 19.4. The maximum atomic E-state index is 4.46. The largest absolute Gasteiger partial charge is 0.355 e. The summed E-state index contributed by atoms with van der Waals surface area (Å²) in [7, 11) is 1.81. The number of nitrogens with one attached hydrogen (secondary N) is 3. The Morgan fingerprint density at radius 3 is 2.89 bits per heavy atom. The Balaban J connectivity index is 1.43. The zero-order chi connectivity index (χ0) is 18.9. The molecule has 0 saturated carbocycles. The number of rotatable bonds is 7. The van der Waals surface area contributed by atoms with Crippen molar-refractivity contribution < 1.29 is 0 Å². The lowest BCUT2D eigenvalue weighted by Crippen LogP contribution is -2.45. The van der Waals surface area contributed by atoms with Crippen LogP contribution in [0.3, 0.4) is 0 Å². The molecule has 27 heavy (non-hydrogen) atoms. The van der Waals surface area contributed by atoms with Gasteiger partial charge in [0, 0.05) is 26.2 Å². The Morgan fingerprint density at radius 2 is 2.11 bits per heavy atom. The van der Waals surface area contributed by atoms with Crippen LogP contribution in [0.5, 0.6) is 0 Å². The molecule has 0 bridgehead atoms. The number of H-pyrrole nitrogens is 1. The topological polar surface area (TPSA) is 68.3 Å². The summed E-state index contributed by atoms with van der Waals surface area (Å²) < 4.78 is 0. The standard InChI is InChI=1S/C21H32N6/c1-3-18-11-7-8-13-27(18)14-12-23-21(22-2)25-16-20-24-15-19(26-20)17-9-5-4-6-10-17/h4-6,9-10,15,18H,3,7-8,11-14,16H2,1-2H3,(H,24,26)(H2,22,23,25). The Labute approximate surface area is 162 Å². The quantitative estimate of drug-likeness (QED) is 0.519. The van der Waals surface area contributed by atoms with Gasteiger partial charge in [0.05, 0.1) is 18.4 Å². The van der Waals surface area contributed by atoms with Crippen LogP contribution >= 0.6 is 0 Å². The van der Waals surface area contributed by atoms with E-state index in [4.69, 9.17) is 0 Å². The summed E-state index contributed by atoms with van der Waals surface area (Å²) in [6, 6.07) is 11.0. The minimum atomic E-state index is 0.619. The number of likely N-dealkylation sites (tertiary alicyclic amines) is 1. The van der Waals surface area contributed by atoms with Gasteiger partial charge in [0.1, 0.15) is 5.82 Å². The number of hydrogen-bond donors (Lipinski definition) is 3. The van der Waals surface area contributed by atoms with Crippen LogP contribution in [0.25, 0.3) is 11.3 Å². The van der Waals surface area contributed by atoms with E-state index in [2.05, 4.69) is 49.6 Å². The normalized spacial score (nSPS) is 18.4. The smallest absolute Gasteiger partial charge is 0.191 e. The fourth-order valence-electron chi connectivity index (χ4n) is 3.74. The summed E-state index contributed by atoms with van der Waals surface area (Å²) in [5.41, 5.74) is 2.18. The van der Waals surface area contributed by atoms with Crippen molar-refractivity contribution in [1.82, 2.24) is 25.5 Å². The van der Waals surface area contributed by atoms with Crippen LogP contribution in [-0.2, 0) is 6.54 Å². The summed E-state index contributed by atoms with van der Waals surface area (Å²) >= 11 is 0. The monoisotopic (exact) mass is 368 g/mol. The van der Waals surface area contributed by atoms with Crippen molar-refractivity contribution >= 4 is 5.96 Å². The zero-order valence-electron chi connectivity index (χ0n) is 16.5. The van der Waals surface area contributed by atoms with E-state index < -0.39 is 0 Å². The number of nitrogens with zero attached hydrogens (tertiary/aromatic N) is 3. The van der Waals surface area contributed by atoms with Crippen molar-refractivity contribution in [3.63, 3.8) is 0 Å². The molecule has 2 heterocycles. The molecule has 1 aliphatic rings. The first-order valence-electron chi connectivity index (χ1n) is 10.1. The van der Waals surface area contributed by atoms with E-state index >= 15 is 0 Å². The number of aromatic amines is 1. The van der Waals surface area contributed by atoms with E-state index in [1.54, 1.807) is 0 Å². The fourth-order valence-corrected chi connectivity index (χ4v) is 3.74. The minimum absolute atomic E-state index is 0.619. The number of imidazole rings is 1. The van der Waals surface area contributed by atoms with E-state index in [0.717, 1.165) is 42.2 Å². The number of hydrogen-bond acceptors (Lipinski definition) is 3. The Hall–Kier alpha value is -2.34. The van der Waals surface area contributed by atoms with E-state index in [0.29, 0.717) is 6.54 Å². The lowest BCUT2D eigenvalue weighted by molar-refractivity contribution is 0.147. The average Bonchev–Trinajstić information content (AvgIpc) is 3.20. The molecule has 1 fully saturated rings. The number of aromatic nitrogens is 2. The lowest BCUT2D eigenvalue weighted by atomic mass is 10.0. The van der Waals surface area contributed by atoms with Crippen LogP contribution in [0.2, 0.25) is 0 Å². The predicted molar refractivity (Wildman–Crippen MR) is 112 cm³/mol. The van der Waals surface area contributed by atoms with Gasteiger partial charge in [0.25, 0.3) is 0 Å². The van der Waals surface area contributed by atoms with Crippen molar-refractivity contribution in [1.29, 1.82) is 0 Å². The van der Waals surface area contributed by atoms with Crippen LogP contribution in [0.15, 0.2) is 41.5 Å². The third-order valence-corrected chi connectivity index (χ3v) is 5.27. The second-order valence-electron chi connectivity index (χ2n) is 7.06. The maximum Gasteiger partial charge on any atom is 0.191 e. The highest BCUT2D eigenvalue weighted by Crippen LogP contribution is 2.18. The van der Waals surface area contributed by atoms with Crippen LogP contribution in [-0.4, -0.2) is 53.6 Å². The summed E-state index contributed by atoms with van der Waals surface area (Å²) in [5.74, 6) is 1.72. The SMILES string of the molecule is CCC1CCCCN1CCNC(=NC)NCc1ncc(-c2ccccc2)[nH]1. The van der Waals surface area contributed by atoms with E-state index in [9.17, 15) is 0 Å². The second kappa shape index (κ2) is 10.1. The van der Waals surface area contributed by atoms with Crippen molar-refractivity contribution in [2.24, 2.45) is 4.99 Å². The number of guanidine groups is 1. The Morgan fingerprint density at radius 1 is 1.26 bits per heavy atom. The molecule has 3 N–H and O–H groups in total. The second-order valence-corrected chi connectivity index (χ2v) is 7.06. The lowest BCUT2D eigenvalue weighted by Gasteiger charge is -2.35. The molecular formula is C21H32N6. The molecule has 2 aromatic rings. The zero-order valence-corrected chi connectivity index (χ0v) is 16.5. The molecule has 1 unspecified atom stereocenters. The van der Waals surface area contributed by atoms with Crippen LogP contribution in [0.4, 0.5) is 0 Å². The molecule has 1 atom stereocenters. The molecule has 1 aliphatic heterocycles. The van der Waals surface area contributed by atoms with Crippen LogP contribution in [0.1, 0.15) is 38.4 Å². The summed E-state index contributed by atoms with van der Waals surface area (Å²) in [6.07, 6.45) is 7.16. The van der Waals surface area contributed by atoms with E-state index in [1.165, 1.54) is 32.2 Å². The first-order chi connectivity index (χ1) is 13.3. The van der Waals surface area contributed by atoms with Gasteiger partial charge in [-0.05, 0) is 31.4 Å².